The molecule has 19 heavy (non-hydrogen) atoms. The summed E-state index contributed by atoms with van der Waals surface area (Å²) in [6, 6.07) is -0.231. The zero-order valence-corrected chi connectivity index (χ0v) is 12.7. The zero-order valence-electron chi connectivity index (χ0n) is 11.9. The highest BCUT2D eigenvalue weighted by Gasteiger charge is 2.40. The predicted octanol–water partition coefficient (Wildman–Crippen LogP) is 2.32. The van der Waals surface area contributed by atoms with Crippen LogP contribution in [0.5, 0.6) is 0 Å². The smallest absolute Gasteiger partial charge is 0.323 e. The summed E-state index contributed by atoms with van der Waals surface area (Å²) < 4.78 is 0. The number of aromatic nitrogens is 1. The quantitative estimate of drug-likeness (QED) is 0.859. The first-order valence-electron chi connectivity index (χ1n) is 6.27. The lowest BCUT2D eigenvalue weighted by atomic mass is 9.70. The number of Topliss-reactive ketones (excluding diaryl/α,β-unsaturated/α-hetero) is 1. The number of nitrogens with one attached hydrogen (secondary N) is 1. The van der Waals surface area contributed by atoms with E-state index in [1.54, 1.807) is 14.1 Å². The van der Waals surface area contributed by atoms with E-state index in [0.717, 1.165) is 12.1 Å². The Bertz CT molecular complexity index is 536. The molecule has 1 aromatic heterocycles. The fraction of sp³-hybridized carbons (Fsp3) is 0.615. The van der Waals surface area contributed by atoms with E-state index in [0.29, 0.717) is 10.0 Å². The van der Waals surface area contributed by atoms with Gasteiger partial charge in [-0.05, 0) is 11.8 Å². The van der Waals surface area contributed by atoms with E-state index in [1.165, 1.54) is 16.2 Å². The molecule has 6 heteroatoms. The highest BCUT2D eigenvalue weighted by atomic mass is 32.1. The summed E-state index contributed by atoms with van der Waals surface area (Å²) in [5.74, 6) is 0.124. The number of carbonyl (C=O) groups is 2. The van der Waals surface area contributed by atoms with Gasteiger partial charge in [-0.2, -0.15) is 0 Å². The maximum atomic E-state index is 12.4. The summed E-state index contributed by atoms with van der Waals surface area (Å²) in [6.45, 7) is 6.13. The number of urea groups is 1. The van der Waals surface area contributed by atoms with Crippen LogP contribution in [0.4, 0.5) is 9.93 Å². The van der Waals surface area contributed by atoms with Crippen LogP contribution in [0.15, 0.2) is 0 Å². The van der Waals surface area contributed by atoms with Crippen molar-refractivity contribution in [3.8, 4) is 0 Å². The number of anilines is 1. The van der Waals surface area contributed by atoms with Gasteiger partial charge in [0.1, 0.15) is 0 Å². The summed E-state index contributed by atoms with van der Waals surface area (Å²) in [5.41, 5.74) is 0.741. The third kappa shape index (κ3) is 2.25. The van der Waals surface area contributed by atoms with Crippen molar-refractivity contribution >= 4 is 28.3 Å². The minimum absolute atomic E-state index is 0.0152. The van der Waals surface area contributed by atoms with Gasteiger partial charge >= 0.3 is 6.03 Å². The SMILES string of the molecule is CNC(=O)N(C)c1nc2c(s1)C(=O)C(C)C(C)(C)C2. The van der Waals surface area contributed by atoms with Crippen LogP contribution >= 0.6 is 11.3 Å². The molecule has 1 N–H and O–H groups in total. The van der Waals surface area contributed by atoms with Gasteiger partial charge in [0, 0.05) is 20.0 Å². The highest BCUT2D eigenvalue weighted by Crippen LogP contribution is 2.42. The summed E-state index contributed by atoms with van der Waals surface area (Å²) in [5, 5.41) is 3.12. The van der Waals surface area contributed by atoms with E-state index >= 15 is 0 Å². The second-order valence-corrected chi connectivity index (χ2v) is 6.62. The molecule has 1 aromatic rings. The van der Waals surface area contributed by atoms with Crippen LogP contribution in [0, 0.1) is 11.3 Å². The number of fused-ring (bicyclic) bond motifs is 1. The Morgan fingerprint density at radius 2 is 2.16 bits per heavy atom. The average molecular weight is 281 g/mol. The van der Waals surface area contributed by atoms with E-state index in [1.807, 2.05) is 6.92 Å². The molecule has 0 spiro atoms. The van der Waals surface area contributed by atoms with Crippen LogP contribution in [-0.2, 0) is 6.42 Å². The Kier molecular flexibility index (Phi) is 3.38. The van der Waals surface area contributed by atoms with E-state index < -0.39 is 0 Å². The van der Waals surface area contributed by atoms with Crippen molar-refractivity contribution < 1.29 is 9.59 Å². The second-order valence-electron chi connectivity index (χ2n) is 5.64. The lowest BCUT2D eigenvalue weighted by molar-refractivity contribution is 0.0794. The third-order valence-corrected chi connectivity index (χ3v) is 5.09. The number of hydrogen-bond acceptors (Lipinski definition) is 4. The van der Waals surface area contributed by atoms with Crippen molar-refractivity contribution in [1.29, 1.82) is 0 Å². The second kappa shape index (κ2) is 4.59. The van der Waals surface area contributed by atoms with Crippen molar-refractivity contribution in [1.82, 2.24) is 10.3 Å². The molecule has 0 bridgehead atoms. The first kappa shape index (κ1) is 14.0. The van der Waals surface area contributed by atoms with E-state index in [4.69, 9.17) is 0 Å². The number of rotatable bonds is 1. The van der Waals surface area contributed by atoms with E-state index in [2.05, 4.69) is 24.1 Å². The van der Waals surface area contributed by atoms with Gasteiger partial charge in [-0.1, -0.05) is 32.1 Å². The topological polar surface area (TPSA) is 62.3 Å². The lowest BCUT2D eigenvalue weighted by Gasteiger charge is -2.33. The number of thiazole rings is 1. The minimum Gasteiger partial charge on any atom is -0.341 e. The Morgan fingerprint density at radius 1 is 1.53 bits per heavy atom. The first-order valence-corrected chi connectivity index (χ1v) is 7.09. The molecule has 0 aromatic carbocycles. The summed E-state index contributed by atoms with van der Waals surface area (Å²) in [4.78, 5) is 30.6. The minimum atomic E-state index is -0.231. The standard InChI is InChI=1S/C13H19N3O2S/c1-7-9(17)10-8(6-13(7,2)3)15-12(19-10)16(5)11(18)14-4/h7H,6H2,1-5H3,(H,14,18). The van der Waals surface area contributed by atoms with Crippen LogP contribution in [0.3, 0.4) is 0 Å². The molecule has 2 rings (SSSR count). The maximum absolute atomic E-state index is 12.4. The summed E-state index contributed by atoms with van der Waals surface area (Å²) >= 11 is 1.30. The van der Waals surface area contributed by atoms with Gasteiger partial charge in [0.05, 0.1) is 10.6 Å². The molecule has 0 aliphatic heterocycles. The highest BCUT2D eigenvalue weighted by molar-refractivity contribution is 7.17. The van der Waals surface area contributed by atoms with Gasteiger partial charge in [-0.15, -0.1) is 0 Å². The monoisotopic (exact) mass is 281 g/mol. The van der Waals surface area contributed by atoms with Gasteiger partial charge in [-0.25, -0.2) is 9.78 Å². The molecule has 1 heterocycles. The van der Waals surface area contributed by atoms with E-state index in [9.17, 15) is 9.59 Å². The molecular formula is C13H19N3O2S. The van der Waals surface area contributed by atoms with Gasteiger partial charge in [-0.3, -0.25) is 9.69 Å². The molecule has 104 valence electrons. The zero-order chi connectivity index (χ0) is 14.4. The molecule has 5 nitrogen and oxygen atoms in total. The molecular weight excluding hydrogens is 262 g/mol. The van der Waals surface area contributed by atoms with Crippen LogP contribution < -0.4 is 10.2 Å². The average Bonchev–Trinajstić information content (AvgIpc) is 2.77. The molecule has 0 saturated heterocycles. The van der Waals surface area contributed by atoms with Gasteiger partial charge in [0.15, 0.2) is 10.9 Å². The Hall–Kier alpha value is -1.43. The number of nitrogens with zero attached hydrogens (tertiary/aromatic N) is 2. The number of carbonyl (C=O) groups excluding carboxylic acids is 2. The van der Waals surface area contributed by atoms with Crippen LogP contribution in [0.25, 0.3) is 0 Å². The normalized spacial score (nSPS) is 20.9. The predicted molar refractivity (Wildman–Crippen MR) is 76.0 cm³/mol. The van der Waals surface area contributed by atoms with Crippen molar-refractivity contribution in [2.75, 3.05) is 19.0 Å². The van der Waals surface area contributed by atoms with Crippen molar-refractivity contribution in [3.05, 3.63) is 10.6 Å². The van der Waals surface area contributed by atoms with E-state index in [-0.39, 0.29) is 23.1 Å². The van der Waals surface area contributed by atoms with Crippen LogP contribution in [0.1, 0.15) is 36.1 Å². The fourth-order valence-corrected chi connectivity index (χ4v) is 3.26. The first-order chi connectivity index (χ1) is 8.77. The number of amides is 2. The van der Waals surface area contributed by atoms with Crippen molar-refractivity contribution in [2.24, 2.45) is 11.3 Å². The van der Waals surface area contributed by atoms with Crippen LogP contribution in [0.2, 0.25) is 0 Å². The molecule has 0 saturated carbocycles. The van der Waals surface area contributed by atoms with Gasteiger partial charge < -0.3 is 5.32 Å². The van der Waals surface area contributed by atoms with Crippen molar-refractivity contribution in [3.63, 3.8) is 0 Å². The largest absolute Gasteiger partial charge is 0.341 e. The Balaban J connectivity index is 2.40. The molecule has 2 amide bonds. The van der Waals surface area contributed by atoms with Gasteiger partial charge in [0.2, 0.25) is 0 Å². The van der Waals surface area contributed by atoms with Crippen LogP contribution in [-0.4, -0.2) is 30.9 Å². The third-order valence-electron chi connectivity index (χ3n) is 3.90. The maximum Gasteiger partial charge on any atom is 0.323 e. The van der Waals surface area contributed by atoms with Crippen molar-refractivity contribution in [2.45, 2.75) is 27.2 Å². The molecule has 0 radical (unpaired) electrons. The molecule has 1 unspecified atom stereocenters. The lowest BCUT2D eigenvalue weighted by Crippen LogP contribution is -2.35. The Labute approximate surface area is 117 Å². The molecule has 0 fully saturated rings. The summed E-state index contributed by atoms with van der Waals surface area (Å²) in [7, 11) is 3.23. The number of ketones is 1. The Morgan fingerprint density at radius 3 is 2.74 bits per heavy atom. The van der Waals surface area contributed by atoms with Gasteiger partial charge in [0.25, 0.3) is 0 Å². The molecule has 1 atom stereocenters. The molecule has 1 aliphatic rings. The molecule has 1 aliphatic carbocycles. The summed E-state index contributed by atoms with van der Waals surface area (Å²) in [6.07, 6.45) is 0.771. The number of hydrogen-bond donors (Lipinski definition) is 1. The fourth-order valence-electron chi connectivity index (χ4n) is 2.19.